The Morgan fingerprint density at radius 2 is 2.05 bits per heavy atom. The van der Waals surface area contributed by atoms with Crippen LogP contribution in [0.1, 0.15) is 4.88 Å². The number of aliphatic carboxylic acids is 1. The van der Waals surface area contributed by atoms with Gasteiger partial charge in [-0.2, -0.15) is 0 Å². The largest absolute Gasteiger partial charge is 0.480 e. The number of carboxylic acid groups (broad SMARTS) is 1. The van der Waals surface area contributed by atoms with E-state index in [2.05, 4.69) is 10.3 Å². The highest BCUT2D eigenvalue weighted by Crippen LogP contribution is 2.19. The number of thiazole rings is 1. The van der Waals surface area contributed by atoms with E-state index in [1.807, 2.05) is 6.92 Å². The van der Waals surface area contributed by atoms with E-state index in [0.29, 0.717) is 10.8 Å². The Bertz CT molecular complexity index is 612. The van der Waals surface area contributed by atoms with E-state index >= 15 is 0 Å². The second-order valence-electron chi connectivity index (χ2n) is 4.02. The van der Waals surface area contributed by atoms with Crippen LogP contribution in [-0.4, -0.2) is 28.6 Å². The number of para-hydroxylation sites is 1. The lowest BCUT2D eigenvalue weighted by molar-refractivity contribution is -0.135. The van der Waals surface area contributed by atoms with Gasteiger partial charge in [-0.3, -0.25) is 15.0 Å². The first-order valence-corrected chi connectivity index (χ1v) is 6.65. The fourth-order valence-corrected chi connectivity index (χ4v) is 2.25. The molecule has 0 aliphatic heterocycles. The van der Waals surface area contributed by atoms with E-state index < -0.39 is 18.5 Å². The Hall–Kier alpha value is -2.41. The molecule has 0 fully saturated rings. The number of aromatic nitrogens is 1. The lowest BCUT2D eigenvalue weighted by Crippen LogP contribution is -2.38. The van der Waals surface area contributed by atoms with E-state index in [1.165, 1.54) is 11.3 Å². The van der Waals surface area contributed by atoms with Crippen molar-refractivity contribution in [3.05, 3.63) is 41.4 Å². The number of hydrogen-bond donors (Lipinski definition) is 2. The maximum atomic E-state index is 12.2. The molecule has 2 N–H and O–H groups in total. The summed E-state index contributed by atoms with van der Waals surface area (Å²) in [6.45, 7) is 1.46. The van der Waals surface area contributed by atoms with Gasteiger partial charge in [0.2, 0.25) is 0 Å². The van der Waals surface area contributed by atoms with E-state index in [-0.39, 0.29) is 0 Å². The molecule has 0 spiro atoms. The van der Waals surface area contributed by atoms with Crippen LogP contribution in [0, 0.1) is 6.92 Å². The molecule has 1 heterocycles. The van der Waals surface area contributed by atoms with Crippen molar-refractivity contribution >= 4 is 34.2 Å². The molecule has 0 bridgehead atoms. The van der Waals surface area contributed by atoms with Crippen molar-refractivity contribution in [2.24, 2.45) is 0 Å². The lowest BCUT2D eigenvalue weighted by Gasteiger charge is -2.20. The van der Waals surface area contributed by atoms with Crippen LogP contribution in [0.4, 0.5) is 15.6 Å². The van der Waals surface area contributed by atoms with E-state index in [9.17, 15) is 9.59 Å². The van der Waals surface area contributed by atoms with Crippen LogP contribution in [0.3, 0.4) is 0 Å². The van der Waals surface area contributed by atoms with Gasteiger partial charge in [0, 0.05) is 16.8 Å². The number of amides is 2. The lowest BCUT2D eigenvalue weighted by atomic mass is 10.3. The minimum absolute atomic E-state index is 0.416. The zero-order valence-corrected chi connectivity index (χ0v) is 11.6. The molecule has 6 nitrogen and oxygen atoms in total. The van der Waals surface area contributed by atoms with Crippen molar-refractivity contribution in [2.75, 3.05) is 16.8 Å². The van der Waals surface area contributed by atoms with Gasteiger partial charge < -0.3 is 5.11 Å². The molecule has 104 valence electrons. The molecule has 0 aliphatic carbocycles. The van der Waals surface area contributed by atoms with Gasteiger partial charge in [0.15, 0.2) is 5.13 Å². The van der Waals surface area contributed by atoms with Crippen LogP contribution in [0.5, 0.6) is 0 Å². The Labute approximate surface area is 119 Å². The zero-order chi connectivity index (χ0) is 14.5. The SMILES string of the molecule is Cc1cnc(NC(=O)N(CC(=O)O)c2ccccc2)s1. The van der Waals surface area contributed by atoms with Crippen LogP contribution < -0.4 is 10.2 Å². The van der Waals surface area contributed by atoms with E-state index in [4.69, 9.17) is 5.11 Å². The number of anilines is 2. The number of carboxylic acids is 1. The Balaban J connectivity index is 2.18. The van der Waals surface area contributed by atoms with E-state index in [0.717, 1.165) is 9.78 Å². The second-order valence-corrected chi connectivity index (χ2v) is 5.26. The summed E-state index contributed by atoms with van der Waals surface area (Å²) in [5, 5.41) is 12.0. The van der Waals surface area contributed by atoms with Gasteiger partial charge in [0.1, 0.15) is 6.54 Å². The van der Waals surface area contributed by atoms with Crippen LogP contribution in [0.2, 0.25) is 0 Å². The van der Waals surface area contributed by atoms with Gasteiger partial charge in [-0.05, 0) is 19.1 Å². The van der Waals surface area contributed by atoms with E-state index in [1.54, 1.807) is 36.5 Å². The van der Waals surface area contributed by atoms with Crippen LogP contribution in [0.15, 0.2) is 36.5 Å². The number of nitrogens with zero attached hydrogens (tertiary/aromatic N) is 2. The molecule has 20 heavy (non-hydrogen) atoms. The van der Waals surface area contributed by atoms with Gasteiger partial charge in [-0.15, -0.1) is 11.3 Å². The molecule has 2 aromatic rings. The van der Waals surface area contributed by atoms with Gasteiger partial charge in [-0.25, -0.2) is 9.78 Å². The molecule has 7 heteroatoms. The molecular formula is C13H13N3O3S. The number of urea groups is 1. The van der Waals surface area contributed by atoms with Crippen LogP contribution in [0.25, 0.3) is 0 Å². The van der Waals surface area contributed by atoms with Crippen molar-refractivity contribution in [3.63, 3.8) is 0 Å². The minimum Gasteiger partial charge on any atom is -0.480 e. The second kappa shape index (κ2) is 6.16. The molecule has 2 rings (SSSR count). The summed E-state index contributed by atoms with van der Waals surface area (Å²) in [5.41, 5.74) is 0.515. The van der Waals surface area contributed by atoms with Crippen molar-refractivity contribution in [1.29, 1.82) is 0 Å². The monoisotopic (exact) mass is 291 g/mol. The van der Waals surface area contributed by atoms with Crippen molar-refractivity contribution < 1.29 is 14.7 Å². The summed E-state index contributed by atoms with van der Waals surface area (Å²) in [7, 11) is 0. The first-order chi connectivity index (χ1) is 9.56. The molecule has 2 amide bonds. The highest BCUT2D eigenvalue weighted by atomic mass is 32.1. The normalized spacial score (nSPS) is 10.1. The Morgan fingerprint density at radius 1 is 1.35 bits per heavy atom. The Morgan fingerprint density at radius 3 is 2.60 bits per heavy atom. The first-order valence-electron chi connectivity index (χ1n) is 5.84. The predicted molar refractivity (Wildman–Crippen MR) is 77.3 cm³/mol. The maximum absolute atomic E-state index is 12.2. The molecular weight excluding hydrogens is 278 g/mol. The average Bonchev–Trinajstić information content (AvgIpc) is 2.82. The molecule has 0 unspecified atom stereocenters. The van der Waals surface area contributed by atoms with Gasteiger partial charge in [0.25, 0.3) is 0 Å². The highest BCUT2D eigenvalue weighted by molar-refractivity contribution is 7.15. The molecule has 1 aromatic carbocycles. The quantitative estimate of drug-likeness (QED) is 0.907. The van der Waals surface area contributed by atoms with Crippen LogP contribution >= 0.6 is 11.3 Å². The van der Waals surface area contributed by atoms with Crippen molar-refractivity contribution in [1.82, 2.24) is 4.98 Å². The number of carbonyl (C=O) groups is 2. The number of aryl methyl sites for hydroxylation is 1. The van der Waals surface area contributed by atoms with Gasteiger partial charge in [-0.1, -0.05) is 18.2 Å². The van der Waals surface area contributed by atoms with Crippen molar-refractivity contribution in [2.45, 2.75) is 6.92 Å². The number of nitrogens with one attached hydrogen (secondary N) is 1. The van der Waals surface area contributed by atoms with Gasteiger partial charge >= 0.3 is 12.0 Å². The highest BCUT2D eigenvalue weighted by Gasteiger charge is 2.19. The molecule has 0 radical (unpaired) electrons. The molecule has 0 saturated heterocycles. The third kappa shape index (κ3) is 3.55. The predicted octanol–water partition coefficient (Wildman–Crippen LogP) is 2.57. The smallest absolute Gasteiger partial charge is 0.328 e. The molecule has 0 atom stereocenters. The average molecular weight is 291 g/mol. The fraction of sp³-hybridized carbons (Fsp3) is 0.154. The Kier molecular flexibility index (Phi) is 4.31. The third-order valence-electron chi connectivity index (χ3n) is 2.44. The van der Waals surface area contributed by atoms with Crippen LogP contribution in [-0.2, 0) is 4.79 Å². The molecule has 0 aliphatic rings. The number of hydrogen-bond acceptors (Lipinski definition) is 4. The van der Waals surface area contributed by atoms with Crippen molar-refractivity contribution in [3.8, 4) is 0 Å². The summed E-state index contributed by atoms with van der Waals surface area (Å²) in [5.74, 6) is -1.08. The summed E-state index contributed by atoms with van der Waals surface area (Å²) in [6, 6.07) is 8.11. The summed E-state index contributed by atoms with van der Waals surface area (Å²) in [4.78, 5) is 29.2. The summed E-state index contributed by atoms with van der Waals surface area (Å²) >= 11 is 1.33. The maximum Gasteiger partial charge on any atom is 0.328 e. The zero-order valence-electron chi connectivity index (χ0n) is 10.7. The topological polar surface area (TPSA) is 82.5 Å². The number of rotatable bonds is 4. The fourth-order valence-electron chi connectivity index (χ4n) is 1.60. The number of benzene rings is 1. The third-order valence-corrected chi connectivity index (χ3v) is 3.27. The molecule has 0 saturated carbocycles. The van der Waals surface area contributed by atoms with Gasteiger partial charge in [0.05, 0.1) is 0 Å². The first kappa shape index (κ1) is 14.0. The standard InChI is InChI=1S/C13H13N3O3S/c1-9-7-14-12(20-9)15-13(19)16(8-11(17)18)10-5-3-2-4-6-10/h2-7H,8H2,1H3,(H,17,18)(H,14,15,19). The summed E-state index contributed by atoms with van der Waals surface area (Å²) < 4.78 is 0. The summed E-state index contributed by atoms with van der Waals surface area (Å²) in [6.07, 6.45) is 1.64. The number of carbonyl (C=O) groups excluding carboxylic acids is 1. The molecule has 1 aromatic heterocycles. The minimum atomic E-state index is -1.08.